The Balaban J connectivity index is 0.000000754. The molecular formula is C16H24N2O6. The molecule has 134 valence electrons. The van der Waals surface area contributed by atoms with E-state index in [0.717, 1.165) is 12.8 Å². The van der Waals surface area contributed by atoms with Crippen molar-refractivity contribution >= 4 is 17.7 Å². The fraction of sp³-hybridized carbons (Fsp3) is 0.500. The first-order valence-corrected chi connectivity index (χ1v) is 7.47. The van der Waals surface area contributed by atoms with Crippen LogP contribution in [0.1, 0.15) is 50.5 Å². The summed E-state index contributed by atoms with van der Waals surface area (Å²) in [7, 11) is 1.41. The Morgan fingerprint density at radius 3 is 2.33 bits per heavy atom. The highest BCUT2D eigenvalue weighted by atomic mass is 16.7. The molecule has 0 bridgehead atoms. The van der Waals surface area contributed by atoms with E-state index in [0.29, 0.717) is 0 Å². The summed E-state index contributed by atoms with van der Waals surface area (Å²) in [5.74, 6) is -0.551. The summed E-state index contributed by atoms with van der Waals surface area (Å²) in [6.45, 7) is 4.93. The van der Waals surface area contributed by atoms with Gasteiger partial charge in [0, 0.05) is 25.1 Å². The Labute approximate surface area is 141 Å². The van der Waals surface area contributed by atoms with Crippen LogP contribution >= 0.6 is 0 Å². The minimum absolute atomic E-state index is 0.0522. The molecule has 0 unspecified atom stereocenters. The number of Topliss-reactive ketones (excluding diaryl/α,β-unsaturated/α-hetero) is 1. The minimum Gasteiger partial charge on any atom is -0.493 e. The number of amides is 1. The van der Waals surface area contributed by atoms with E-state index in [1.165, 1.54) is 19.4 Å². The van der Waals surface area contributed by atoms with Gasteiger partial charge in [0.05, 0.1) is 7.11 Å². The Kier molecular flexibility index (Phi) is 10.6. The van der Waals surface area contributed by atoms with Crippen LogP contribution in [0.15, 0.2) is 12.3 Å². The highest BCUT2D eigenvalue weighted by molar-refractivity contribution is 5.94. The van der Waals surface area contributed by atoms with Crippen molar-refractivity contribution in [3.8, 4) is 11.5 Å². The molecule has 0 saturated heterocycles. The fourth-order valence-electron chi connectivity index (χ4n) is 1.51. The lowest BCUT2D eigenvalue weighted by molar-refractivity contribution is -0.149. The van der Waals surface area contributed by atoms with Gasteiger partial charge in [-0.05, 0) is 13.3 Å². The Morgan fingerprint density at radius 1 is 1.25 bits per heavy atom. The average molecular weight is 340 g/mol. The van der Waals surface area contributed by atoms with E-state index in [9.17, 15) is 14.4 Å². The number of carbonyl (C=O) groups is 3. The highest BCUT2D eigenvalue weighted by Crippen LogP contribution is 2.29. The molecule has 0 saturated carbocycles. The molecule has 8 heteroatoms. The third-order valence-electron chi connectivity index (χ3n) is 2.64. The molecule has 0 fully saturated rings. The van der Waals surface area contributed by atoms with Gasteiger partial charge in [0.15, 0.2) is 17.2 Å². The predicted molar refractivity (Wildman–Crippen MR) is 86.8 cm³/mol. The first-order chi connectivity index (χ1) is 11.4. The second-order valence-electron chi connectivity index (χ2n) is 4.64. The number of primary amides is 1. The first kappa shape index (κ1) is 21.4. The summed E-state index contributed by atoms with van der Waals surface area (Å²) in [6.07, 6.45) is 3.31. The molecule has 0 radical (unpaired) electrons. The van der Waals surface area contributed by atoms with Gasteiger partial charge in [0.1, 0.15) is 5.78 Å². The van der Waals surface area contributed by atoms with E-state index >= 15 is 0 Å². The second-order valence-corrected chi connectivity index (χ2v) is 4.64. The molecule has 24 heavy (non-hydrogen) atoms. The van der Waals surface area contributed by atoms with Crippen LogP contribution in [-0.4, -0.2) is 36.5 Å². The minimum atomic E-state index is -0.759. The van der Waals surface area contributed by atoms with Crippen molar-refractivity contribution in [1.29, 1.82) is 0 Å². The van der Waals surface area contributed by atoms with Gasteiger partial charge in [-0.15, -0.1) is 0 Å². The van der Waals surface area contributed by atoms with Crippen LogP contribution in [0, 0.1) is 0 Å². The van der Waals surface area contributed by atoms with Crippen LogP contribution in [0.5, 0.6) is 11.5 Å². The van der Waals surface area contributed by atoms with Crippen LogP contribution in [0.3, 0.4) is 0 Å². The van der Waals surface area contributed by atoms with Crippen molar-refractivity contribution in [1.82, 2.24) is 4.98 Å². The maximum absolute atomic E-state index is 11.2. The summed E-state index contributed by atoms with van der Waals surface area (Å²) in [5.41, 5.74) is 5.07. The first-order valence-electron chi connectivity index (χ1n) is 7.47. The zero-order valence-corrected chi connectivity index (χ0v) is 14.5. The zero-order chi connectivity index (χ0) is 18.5. The molecule has 0 aromatic carbocycles. The van der Waals surface area contributed by atoms with Gasteiger partial charge in [-0.25, -0.2) is 4.98 Å². The van der Waals surface area contributed by atoms with Crippen molar-refractivity contribution < 1.29 is 28.6 Å². The number of hydrogen-bond acceptors (Lipinski definition) is 7. The molecule has 0 aliphatic rings. The number of pyridine rings is 1. The lowest BCUT2D eigenvalue weighted by Crippen LogP contribution is -2.17. The van der Waals surface area contributed by atoms with Crippen LogP contribution in [0.4, 0.5) is 0 Å². The molecular weight excluding hydrogens is 316 g/mol. The Hall–Kier alpha value is -2.64. The number of ketones is 1. The van der Waals surface area contributed by atoms with E-state index in [1.807, 2.05) is 6.92 Å². The smallest absolute Gasteiger partial charge is 0.308 e. The molecule has 1 aromatic rings. The molecule has 0 spiro atoms. The quantitative estimate of drug-likeness (QED) is 0.566. The third-order valence-corrected chi connectivity index (χ3v) is 2.64. The van der Waals surface area contributed by atoms with E-state index < -0.39 is 11.9 Å². The number of carbonyl (C=O) groups excluding carboxylic acids is 3. The van der Waals surface area contributed by atoms with Gasteiger partial charge in [0.25, 0.3) is 5.91 Å². The van der Waals surface area contributed by atoms with Crippen molar-refractivity contribution in [2.24, 2.45) is 5.73 Å². The van der Waals surface area contributed by atoms with Crippen molar-refractivity contribution in [2.45, 2.75) is 40.0 Å². The molecule has 1 rings (SSSR count). The number of aromatic nitrogens is 1. The SMILES string of the molecule is CCC(=O)OCOc1c(OC)ccnc1C(N)=O.CCCC(C)=O. The molecule has 0 aliphatic heterocycles. The molecule has 8 nitrogen and oxygen atoms in total. The molecule has 1 heterocycles. The van der Waals surface area contributed by atoms with E-state index in [1.54, 1.807) is 13.8 Å². The lowest BCUT2D eigenvalue weighted by atomic mass is 10.3. The van der Waals surface area contributed by atoms with E-state index in [2.05, 4.69) is 4.98 Å². The van der Waals surface area contributed by atoms with E-state index in [4.69, 9.17) is 19.9 Å². The Morgan fingerprint density at radius 2 is 1.92 bits per heavy atom. The zero-order valence-electron chi connectivity index (χ0n) is 14.5. The van der Waals surface area contributed by atoms with Crippen molar-refractivity contribution in [3.63, 3.8) is 0 Å². The predicted octanol–water partition coefficient (Wildman–Crippen LogP) is 1.85. The molecule has 1 amide bonds. The number of ether oxygens (including phenoxy) is 3. The number of rotatable bonds is 8. The van der Waals surface area contributed by atoms with Crippen molar-refractivity contribution in [3.05, 3.63) is 18.0 Å². The number of methoxy groups -OCH3 is 1. The number of esters is 1. The standard InChI is InChI=1S/C11H14N2O5.C5H10O/c1-3-8(14)17-6-18-10-7(16-2)4-5-13-9(10)11(12)15;1-3-4-5(2)6/h4-5H,3,6H2,1-2H3,(H2,12,15);3-4H2,1-2H3. The summed E-state index contributed by atoms with van der Waals surface area (Å²) in [6, 6.07) is 1.50. The van der Waals surface area contributed by atoms with Gasteiger partial charge < -0.3 is 24.7 Å². The fourth-order valence-corrected chi connectivity index (χ4v) is 1.51. The number of nitrogens with zero attached hydrogens (tertiary/aromatic N) is 1. The summed E-state index contributed by atoms with van der Waals surface area (Å²) in [4.78, 5) is 35.9. The molecule has 1 aromatic heterocycles. The normalized spacial score (nSPS) is 9.33. The molecule has 2 N–H and O–H groups in total. The van der Waals surface area contributed by atoms with Gasteiger partial charge in [-0.3, -0.25) is 9.59 Å². The number of nitrogens with two attached hydrogens (primary N) is 1. The average Bonchev–Trinajstić information content (AvgIpc) is 2.54. The van der Waals surface area contributed by atoms with Crippen molar-refractivity contribution in [2.75, 3.05) is 13.9 Å². The van der Waals surface area contributed by atoms with Gasteiger partial charge in [-0.2, -0.15) is 0 Å². The van der Waals surface area contributed by atoms with Gasteiger partial charge in [-0.1, -0.05) is 13.8 Å². The lowest BCUT2D eigenvalue weighted by Gasteiger charge is -2.12. The monoisotopic (exact) mass is 340 g/mol. The maximum Gasteiger partial charge on any atom is 0.308 e. The van der Waals surface area contributed by atoms with Gasteiger partial charge in [0.2, 0.25) is 6.79 Å². The largest absolute Gasteiger partial charge is 0.493 e. The summed E-state index contributed by atoms with van der Waals surface area (Å²) >= 11 is 0. The van der Waals surface area contributed by atoms with Crippen LogP contribution in [0.2, 0.25) is 0 Å². The van der Waals surface area contributed by atoms with Crippen LogP contribution < -0.4 is 15.2 Å². The van der Waals surface area contributed by atoms with E-state index in [-0.39, 0.29) is 36.2 Å². The number of hydrogen-bond donors (Lipinski definition) is 1. The second kappa shape index (κ2) is 11.9. The summed E-state index contributed by atoms with van der Waals surface area (Å²) in [5, 5.41) is 0. The Bertz CT molecular complexity index is 559. The molecule has 0 atom stereocenters. The van der Waals surface area contributed by atoms with Gasteiger partial charge >= 0.3 is 5.97 Å². The maximum atomic E-state index is 11.2. The third kappa shape index (κ3) is 8.11. The van der Waals surface area contributed by atoms with Crippen LogP contribution in [-0.2, 0) is 14.3 Å². The highest BCUT2D eigenvalue weighted by Gasteiger charge is 2.17. The molecule has 0 aliphatic carbocycles. The van der Waals surface area contributed by atoms with Crippen LogP contribution in [0.25, 0.3) is 0 Å². The summed E-state index contributed by atoms with van der Waals surface area (Å²) < 4.78 is 14.9. The topological polar surface area (TPSA) is 118 Å².